The van der Waals surface area contributed by atoms with Gasteiger partial charge in [-0.15, -0.1) is 11.3 Å². The van der Waals surface area contributed by atoms with Gasteiger partial charge in [-0.3, -0.25) is 4.79 Å². The van der Waals surface area contributed by atoms with E-state index in [2.05, 4.69) is 0 Å². The number of aromatic carboxylic acids is 1. The molecule has 4 nitrogen and oxygen atoms in total. The number of hydrogen-bond donors (Lipinski definition) is 1. The Morgan fingerprint density at radius 3 is 2.53 bits per heavy atom. The molecule has 1 N–H and O–H groups in total. The summed E-state index contributed by atoms with van der Waals surface area (Å²) in [6.45, 7) is 1.45. The second kappa shape index (κ2) is 5.24. The van der Waals surface area contributed by atoms with Crippen LogP contribution in [0.1, 0.15) is 27.0 Å². The molecule has 0 aliphatic rings. The average molecular weight is 276 g/mol. The summed E-state index contributed by atoms with van der Waals surface area (Å²) < 4.78 is 5.09. The van der Waals surface area contributed by atoms with E-state index in [1.165, 1.54) is 14.0 Å². The van der Waals surface area contributed by atoms with Crippen molar-refractivity contribution in [2.75, 3.05) is 7.11 Å². The molecule has 2 aromatic rings. The van der Waals surface area contributed by atoms with Crippen LogP contribution in [0.25, 0.3) is 11.1 Å². The molecule has 0 aliphatic carbocycles. The molecule has 19 heavy (non-hydrogen) atoms. The molecule has 5 heteroatoms. The Morgan fingerprint density at radius 1 is 1.21 bits per heavy atom. The van der Waals surface area contributed by atoms with Crippen molar-refractivity contribution in [2.24, 2.45) is 0 Å². The minimum atomic E-state index is -0.990. The third-order valence-electron chi connectivity index (χ3n) is 2.76. The summed E-state index contributed by atoms with van der Waals surface area (Å²) in [4.78, 5) is 23.1. The predicted octanol–water partition coefficient (Wildman–Crippen LogP) is 3.32. The summed E-state index contributed by atoms with van der Waals surface area (Å²) >= 11 is 1.14. The largest absolute Gasteiger partial charge is 0.497 e. The van der Waals surface area contributed by atoms with Crippen molar-refractivity contribution in [3.8, 4) is 16.9 Å². The first-order valence-corrected chi connectivity index (χ1v) is 6.42. The molecule has 2 rings (SSSR count). The molecule has 0 aliphatic heterocycles. The number of benzene rings is 1. The molecule has 0 unspecified atom stereocenters. The smallest absolute Gasteiger partial charge is 0.346 e. The Labute approximate surface area is 114 Å². The van der Waals surface area contributed by atoms with Gasteiger partial charge in [0, 0.05) is 11.1 Å². The van der Waals surface area contributed by atoms with Crippen LogP contribution in [0.4, 0.5) is 0 Å². The molecular weight excluding hydrogens is 264 g/mol. The van der Waals surface area contributed by atoms with Gasteiger partial charge in [0.15, 0.2) is 5.78 Å². The van der Waals surface area contributed by atoms with E-state index in [1.54, 1.807) is 29.6 Å². The van der Waals surface area contributed by atoms with Gasteiger partial charge >= 0.3 is 5.97 Å². The van der Waals surface area contributed by atoms with Crippen LogP contribution in [-0.2, 0) is 0 Å². The Bertz CT molecular complexity index is 643. The molecule has 0 fully saturated rings. The first-order valence-electron chi connectivity index (χ1n) is 5.54. The fourth-order valence-electron chi connectivity index (χ4n) is 1.86. The summed E-state index contributed by atoms with van der Waals surface area (Å²) in [5.41, 5.74) is 1.64. The number of hydrogen-bond acceptors (Lipinski definition) is 4. The first kappa shape index (κ1) is 13.3. The molecule has 0 bridgehead atoms. The summed E-state index contributed by atoms with van der Waals surface area (Å²) in [6.07, 6.45) is 0. The summed E-state index contributed by atoms with van der Waals surface area (Å²) in [6, 6.07) is 6.76. The number of thiophene rings is 1. The van der Waals surface area contributed by atoms with E-state index in [9.17, 15) is 9.59 Å². The molecule has 1 aromatic carbocycles. The Hall–Kier alpha value is -2.14. The minimum absolute atomic E-state index is 0.128. The van der Waals surface area contributed by atoms with Crippen LogP contribution in [-0.4, -0.2) is 24.0 Å². The molecule has 1 aromatic heterocycles. The highest BCUT2D eigenvalue weighted by Gasteiger charge is 2.18. The lowest BCUT2D eigenvalue weighted by Crippen LogP contribution is -2.00. The average Bonchev–Trinajstić information content (AvgIpc) is 2.87. The minimum Gasteiger partial charge on any atom is -0.497 e. The van der Waals surface area contributed by atoms with Crippen LogP contribution in [0.2, 0.25) is 0 Å². The third kappa shape index (κ3) is 2.51. The molecule has 0 spiro atoms. The van der Waals surface area contributed by atoms with Gasteiger partial charge < -0.3 is 9.84 Å². The summed E-state index contributed by atoms with van der Waals surface area (Å²) in [5.74, 6) is -0.548. The van der Waals surface area contributed by atoms with Gasteiger partial charge in [-0.2, -0.15) is 0 Å². The lowest BCUT2D eigenvalue weighted by Gasteiger charge is -2.09. The van der Waals surface area contributed by atoms with Gasteiger partial charge in [-0.25, -0.2) is 4.79 Å². The van der Waals surface area contributed by atoms with Crippen molar-refractivity contribution in [1.82, 2.24) is 0 Å². The molecule has 0 radical (unpaired) electrons. The van der Waals surface area contributed by atoms with E-state index < -0.39 is 5.97 Å². The van der Waals surface area contributed by atoms with Crippen molar-refractivity contribution < 1.29 is 19.4 Å². The highest BCUT2D eigenvalue weighted by molar-refractivity contribution is 7.12. The fraction of sp³-hybridized carbons (Fsp3) is 0.143. The van der Waals surface area contributed by atoms with Crippen molar-refractivity contribution >= 4 is 23.1 Å². The van der Waals surface area contributed by atoms with Crippen LogP contribution in [0.5, 0.6) is 5.75 Å². The first-order chi connectivity index (χ1) is 9.04. The molecule has 1 heterocycles. The van der Waals surface area contributed by atoms with Gasteiger partial charge in [0.2, 0.25) is 0 Å². The molecule has 0 atom stereocenters. The lowest BCUT2D eigenvalue weighted by molar-refractivity contribution is 0.0702. The Morgan fingerprint density at radius 2 is 1.95 bits per heavy atom. The van der Waals surface area contributed by atoms with Crippen LogP contribution in [0, 0.1) is 0 Å². The van der Waals surface area contributed by atoms with Gasteiger partial charge in [0.25, 0.3) is 0 Å². The van der Waals surface area contributed by atoms with Gasteiger partial charge in [-0.1, -0.05) is 0 Å². The maximum atomic E-state index is 11.7. The number of carboxylic acid groups (broad SMARTS) is 1. The van der Waals surface area contributed by atoms with Crippen molar-refractivity contribution in [3.05, 3.63) is 40.1 Å². The zero-order chi connectivity index (χ0) is 14.0. The number of rotatable bonds is 4. The fourth-order valence-corrected chi connectivity index (χ4v) is 2.61. The monoisotopic (exact) mass is 276 g/mol. The van der Waals surface area contributed by atoms with Gasteiger partial charge in [-0.05, 0) is 42.1 Å². The van der Waals surface area contributed by atoms with Crippen LogP contribution >= 0.6 is 11.3 Å². The van der Waals surface area contributed by atoms with E-state index >= 15 is 0 Å². The van der Waals surface area contributed by atoms with Gasteiger partial charge in [0.1, 0.15) is 10.6 Å². The molecular formula is C14H12O4S. The van der Waals surface area contributed by atoms with E-state index in [1.807, 2.05) is 0 Å². The molecule has 0 amide bonds. The van der Waals surface area contributed by atoms with Crippen molar-refractivity contribution in [2.45, 2.75) is 6.92 Å². The summed E-state index contributed by atoms with van der Waals surface area (Å²) in [7, 11) is 1.52. The van der Waals surface area contributed by atoms with E-state index in [0.717, 1.165) is 11.3 Å². The normalized spacial score (nSPS) is 10.2. The number of methoxy groups -OCH3 is 1. The maximum absolute atomic E-state index is 11.7. The van der Waals surface area contributed by atoms with E-state index in [-0.39, 0.29) is 10.7 Å². The van der Waals surface area contributed by atoms with Crippen molar-refractivity contribution in [3.63, 3.8) is 0 Å². The highest BCUT2D eigenvalue weighted by Crippen LogP contribution is 2.33. The van der Waals surface area contributed by atoms with E-state index in [0.29, 0.717) is 22.4 Å². The zero-order valence-electron chi connectivity index (χ0n) is 10.5. The topological polar surface area (TPSA) is 63.6 Å². The summed E-state index contributed by atoms with van der Waals surface area (Å²) in [5, 5.41) is 10.8. The zero-order valence-corrected chi connectivity index (χ0v) is 11.3. The standard InChI is InChI=1S/C14H12O4S/c1-8(15)12-7-9(18-2)3-4-10(12)11-5-6-19-13(11)14(16)17/h3-7H,1-2H3,(H,16,17). The predicted molar refractivity (Wildman–Crippen MR) is 73.3 cm³/mol. The lowest BCUT2D eigenvalue weighted by atomic mass is 9.97. The van der Waals surface area contributed by atoms with Crippen LogP contribution < -0.4 is 4.74 Å². The van der Waals surface area contributed by atoms with Gasteiger partial charge in [0.05, 0.1) is 7.11 Å². The second-order valence-corrected chi connectivity index (χ2v) is 4.85. The third-order valence-corrected chi connectivity index (χ3v) is 3.66. The van der Waals surface area contributed by atoms with Crippen LogP contribution in [0.3, 0.4) is 0 Å². The Kier molecular flexibility index (Phi) is 3.66. The number of ether oxygens (including phenoxy) is 1. The number of carboxylic acids is 1. The number of Topliss-reactive ketones (excluding diaryl/α,β-unsaturated/α-hetero) is 1. The van der Waals surface area contributed by atoms with E-state index in [4.69, 9.17) is 9.84 Å². The number of carbonyl (C=O) groups is 2. The molecule has 0 saturated heterocycles. The highest BCUT2D eigenvalue weighted by atomic mass is 32.1. The number of ketones is 1. The van der Waals surface area contributed by atoms with Crippen LogP contribution in [0.15, 0.2) is 29.6 Å². The SMILES string of the molecule is COc1ccc(-c2ccsc2C(=O)O)c(C(C)=O)c1. The quantitative estimate of drug-likeness (QED) is 0.870. The molecule has 98 valence electrons. The van der Waals surface area contributed by atoms with Crippen molar-refractivity contribution in [1.29, 1.82) is 0 Å². The number of carbonyl (C=O) groups excluding carboxylic acids is 1. The maximum Gasteiger partial charge on any atom is 0.346 e. The Balaban J connectivity index is 2.64. The second-order valence-electron chi connectivity index (χ2n) is 3.94. The molecule has 0 saturated carbocycles.